The first-order valence-electron chi connectivity index (χ1n) is 9.71. The molecule has 0 bridgehead atoms. The number of nitrogens with zero attached hydrogens (tertiary/aromatic N) is 1. The Hall–Kier alpha value is -3.60. The number of carbonyl (C=O) groups is 2. The molecule has 1 fully saturated rings. The number of rotatable bonds is 3. The standard InChI is InChI=1S/C24H20N2O3/c27-23-14-20(15-26(23)19-7-2-1-3-8-19)29-24(28)25-18-10-11-22-17(13-18)12-16-6-4-5-9-21(16)22/h1-11,13,20H,12,14-15H2,(H,25,28). The number of nitrogens with one attached hydrogen (secondary N) is 1. The molecule has 1 atom stereocenters. The highest BCUT2D eigenvalue weighted by Gasteiger charge is 2.33. The Kier molecular flexibility index (Phi) is 4.28. The first-order chi connectivity index (χ1) is 14.2. The summed E-state index contributed by atoms with van der Waals surface area (Å²) in [4.78, 5) is 26.3. The summed E-state index contributed by atoms with van der Waals surface area (Å²) in [6, 6.07) is 23.7. The predicted molar refractivity (Wildman–Crippen MR) is 112 cm³/mol. The molecule has 0 radical (unpaired) electrons. The van der Waals surface area contributed by atoms with Crippen molar-refractivity contribution < 1.29 is 14.3 Å². The van der Waals surface area contributed by atoms with Crippen LogP contribution in [0.2, 0.25) is 0 Å². The van der Waals surface area contributed by atoms with Crippen LogP contribution in [0.15, 0.2) is 72.8 Å². The van der Waals surface area contributed by atoms with Crippen LogP contribution in [0.1, 0.15) is 17.5 Å². The lowest BCUT2D eigenvalue weighted by Crippen LogP contribution is -2.27. The first-order valence-corrected chi connectivity index (χ1v) is 9.71. The molecule has 2 aliphatic rings. The molecule has 5 heteroatoms. The fraction of sp³-hybridized carbons (Fsp3) is 0.167. The van der Waals surface area contributed by atoms with Crippen molar-refractivity contribution >= 4 is 23.4 Å². The van der Waals surface area contributed by atoms with Gasteiger partial charge in [0.1, 0.15) is 6.10 Å². The quantitative estimate of drug-likeness (QED) is 0.561. The van der Waals surface area contributed by atoms with Gasteiger partial charge in [-0.1, -0.05) is 48.5 Å². The van der Waals surface area contributed by atoms with E-state index in [4.69, 9.17) is 4.74 Å². The summed E-state index contributed by atoms with van der Waals surface area (Å²) in [5, 5.41) is 2.80. The van der Waals surface area contributed by atoms with E-state index in [1.807, 2.05) is 60.7 Å². The van der Waals surface area contributed by atoms with Crippen LogP contribution in [-0.4, -0.2) is 24.6 Å². The van der Waals surface area contributed by atoms with E-state index in [0.717, 1.165) is 12.1 Å². The maximum absolute atomic E-state index is 12.4. The fourth-order valence-corrected chi connectivity index (χ4v) is 4.13. The highest BCUT2D eigenvalue weighted by molar-refractivity contribution is 5.96. The summed E-state index contributed by atoms with van der Waals surface area (Å²) in [5.41, 5.74) is 6.47. The van der Waals surface area contributed by atoms with E-state index in [1.54, 1.807) is 4.90 Å². The van der Waals surface area contributed by atoms with Crippen LogP contribution >= 0.6 is 0 Å². The van der Waals surface area contributed by atoms with Crippen molar-refractivity contribution in [1.29, 1.82) is 0 Å². The lowest BCUT2D eigenvalue weighted by atomic mass is 10.1. The normalized spacial score (nSPS) is 17.0. The Morgan fingerprint density at radius 2 is 1.69 bits per heavy atom. The Labute approximate surface area is 168 Å². The lowest BCUT2D eigenvalue weighted by molar-refractivity contribution is -0.117. The zero-order valence-corrected chi connectivity index (χ0v) is 15.8. The van der Waals surface area contributed by atoms with Gasteiger partial charge in [-0.05, 0) is 52.9 Å². The van der Waals surface area contributed by atoms with E-state index in [-0.39, 0.29) is 12.3 Å². The minimum absolute atomic E-state index is 0.0377. The van der Waals surface area contributed by atoms with Crippen molar-refractivity contribution in [1.82, 2.24) is 0 Å². The van der Waals surface area contributed by atoms with Gasteiger partial charge in [0.2, 0.25) is 5.91 Å². The number of benzene rings is 3. The molecule has 1 unspecified atom stereocenters. The molecular formula is C24H20N2O3. The van der Waals surface area contributed by atoms with Crippen molar-refractivity contribution in [2.24, 2.45) is 0 Å². The highest BCUT2D eigenvalue weighted by Crippen LogP contribution is 2.37. The topological polar surface area (TPSA) is 58.6 Å². The van der Waals surface area contributed by atoms with Crippen molar-refractivity contribution in [2.45, 2.75) is 18.9 Å². The summed E-state index contributed by atoms with van der Waals surface area (Å²) < 4.78 is 5.51. The molecule has 3 aromatic rings. The van der Waals surface area contributed by atoms with E-state index in [1.165, 1.54) is 22.3 Å². The second-order valence-electron chi connectivity index (χ2n) is 7.40. The van der Waals surface area contributed by atoms with Crippen LogP contribution in [0, 0.1) is 0 Å². The summed E-state index contributed by atoms with van der Waals surface area (Å²) in [6.07, 6.45) is 0.0654. The highest BCUT2D eigenvalue weighted by atomic mass is 16.6. The maximum atomic E-state index is 12.4. The van der Waals surface area contributed by atoms with Gasteiger partial charge in [0.05, 0.1) is 13.0 Å². The molecule has 5 nitrogen and oxygen atoms in total. The molecule has 3 aromatic carbocycles. The third kappa shape index (κ3) is 3.36. The van der Waals surface area contributed by atoms with Crippen LogP contribution in [0.25, 0.3) is 11.1 Å². The molecule has 1 aliphatic carbocycles. The number of hydrogen-bond donors (Lipinski definition) is 1. The lowest BCUT2D eigenvalue weighted by Gasteiger charge is -2.17. The van der Waals surface area contributed by atoms with Crippen LogP contribution in [0.3, 0.4) is 0 Å². The fourth-order valence-electron chi connectivity index (χ4n) is 4.13. The molecule has 5 rings (SSSR count). The van der Waals surface area contributed by atoms with Crippen LogP contribution in [-0.2, 0) is 16.0 Å². The molecule has 1 N–H and O–H groups in total. The molecule has 1 aliphatic heterocycles. The molecular weight excluding hydrogens is 364 g/mol. The number of carbonyl (C=O) groups excluding carboxylic acids is 2. The van der Waals surface area contributed by atoms with Crippen LogP contribution in [0.4, 0.5) is 16.2 Å². The Morgan fingerprint density at radius 1 is 0.931 bits per heavy atom. The summed E-state index contributed by atoms with van der Waals surface area (Å²) in [7, 11) is 0. The van der Waals surface area contributed by atoms with Gasteiger partial charge in [-0.3, -0.25) is 10.1 Å². The molecule has 0 aromatic heterocycles. The molecule has 2 amide bonds. The van der Waals surface area contributed by atoms with E-state index in [0.29, 0.717) is 12.2 Å². The van der Waals surface area contributed by atoms with Gasteiger partial charge in [-0.25, -0.2) is 4.79 Å². The van der Waals surface area contributed by atoms with E-state index >= 15 is 0 Å². The van der Waals surface area contributed by atoms with Crippen molar-refractivity contribution in [2.75, 3.05) is 16.8 Å². The number of hydrogen-bond acceptors (Lipinski definition) is 3. The van der Waals surface area contributed by atoms with Gasteiger partial charge < -0.3 is 9.64 Å². The van der Waals surface area contributed by atoms with Gasteiger partial charge in [0, 0.05) is 11.4 Å². The van der Waals surface area contributed by atoms with Crippen LogP contribution in [0.5, 0.6) is 0 Å². The second kappa shape index (κ2) is 7.09. The number of para-hydroxylation sites is 1. The van der Waals surface area contributed by atoms with E-state index in [9.17, 15) is 9.59 Å². The van der Waals surface area contributed by atoms with Crippen LogP contribution < -0.4 is 10.2 Å². The van der Waals surface area contributed by atoms with Gasteiger partial charge in [-0.15, -0.1) is 0 Å². The van der Waals surface area contributed by atoms with Gasteiger partial charge in [0.15, 0.2) is 0 Å². The molecule has 0 spiro atoms. The minimum Gasteiger partial charge on any atom is -0.444 e. The first kappa shape index (κ1) is 17.5. The molecule has 1 saturated heterocycles. The van der Waals surface area contributed by atoms with E-state index < -0.39 is 12.2 Å². The molecule has 1 heterocycles. The second-order valence-corrected chi connectivity index (χ2v) is 7.40. The largest absolute Gasteiger partial charge is 0.444 e. The summed E-state index contributed by atoms with van der Waals surface area (Å²) in [6.45, 7) is 0.371. The van der Waals surface area contributed by atoms with E-state index in [2.05, 4.69) is 17.4 Å². The number of anilines is 2. The zero-order valence-electron chi connectivity index (χ0n) is 15.8. The van der Waals surface area contributed by atoms with Gasteiger partial charge >= 0.3 is 6.09 Å². The Morgan fingerprint density at radius 3 is 2.55 bits per heavy atom. The summed E-state index contributed by atoms with van der Waals surface area (Å²) in [5.74, 6) is -0.0377. The minimum atomic E-state index is -0.534. The number of fused-ring (bicyclic) bond motifs is 3. The average Bonchev–Trinajstić information content (AvgIpc) is 3.28. The SMILES string of the molecule is O=C(Nc1ccc2c(c1)Cc1ccccc1-2)OC1CC(=O)N(c2ccccc2)C1. The molecule has 29 heavy (non-hydrogen) atoms. The number of amides is 2. The molecule has 0 saturated carbocycles. The maximum Gasteiger partial charge on any atom is 0.411 e. The molecule has 144 valence electrons. The van der Waals surface area contributed by atoms with Gasteiger partial charge in [0.25, 0.3) is 0 Å². The average molecular weight is 384 g/mol. The Bertz CT molecular complexity index is 1090. The summed E-state index contributed by atoms with van der Waals surface area (Å²) >= 11 is 0. The zero-order chi connectivity index (χ0) is 19.8. The number of ether oxygens (including phenoxy) is 1. The van der Waals surface area contributed by atoms with Gasteiger partial charge in [-0.2, -0.15) is 0 Å². The third-order valence-electron chi connectivity index (χ3n) is 5.47. The van der Waals surface area contributed by atoms with Crippen molar-refractivity contribution in [3.8, 4) is 11.1 Å². The predicted octanol–water partition coefficient (Wildman–Crippen LogP) is 4.61. The smallest absolute Gasteiger partial charge is 0.411 e. The Balaban J connectivity index is 1.23. The third-order valence-corrected chi connectivity index (χ3v) is 5.47. The van der Waals surface area contributed by atoms with Crippen molar-refractivity contribution in [3.63, 3.8) is 0 Å². The van der Waals surface area contributed by atoms with Crippen molar-refractivity contribution in [3.05, 3.63) is 83.9 Å². The monoisotopic (exact) mass is 384 g/mol.